The Bertz CT molecular complexity index is 602. The van der Waals surface area contributed by atoms with E-state index in [-0.39, 0.29) is 0 Å². The third-order valence-corrected chi connectivity index (χ3v) is 3.38. The Kier molecular flexibility index (Phi) is 4.74. The van der Waals surface area contributed by atoms with Gasteiger partial charge in [-0.1, -0.05) is 0 Å². The van der Waals surface area contributed by atoms with E-state index in [1.165, 1.54) is 0 Å². The Morgan fingerprint density at radius 3 is 2.40 bits per heavy atom. The SMILES string of the molecule is COc1cc(N)cc(COc2ccc(OC)cc2Br)c1. The zero-order valence-electron chi connectivity index (χ0n) is 11.4. The van der Waals surface area contributed by atoms with Crippen molar-refractivity contribution in [3.05, 3.63) is 46.4 Å². The van der Waals surface area contributed by atoms with Gasteiger partial charge in [0, 0.05) is 11.8 Å². The summed E-state index contributed by atoms with van der Waals surface area (Å²) in [4.78, 5) is 0. The Labute approximate surface area is 126 Å². The highest BCUT2D eigenvalue weighted by Crippen LogP contribution is 2.30. The van der Waals surface area contributed by atoms with E-state index in [0.717, 1.165) is 27.3 Å². The molecule has 0 saturated carbocycles. The van der Waals surface area contributed by atoms with E-state index in [1.54, 1.807) is 20.3 Å². The summed E-state index contributed by atoms with van der Waals surface area (Å²) in [5.41, 5.74) is 7.41. The summed E-state index contributed by atoms with van der Waals surface area (Å²) in [6.45, 7) is 0.409. The van der Waals surface area contributed by atoms with Crippen LogP contribution in [0, 0.1) is 0 Å². The molecule has 0 spiro atoms. The van der Waals surface area contributed by atoms with E-state index in [0.29, 0.717) is 12.3 Å². The van der Waals surface area contributed by atoms with Crippen molar-refractivity contribution in [3.63, 3.8) is 0 Å². The van der Waals surface area contributed by atoms with Gasteiger partial charge in [-0.3, -0.25) is 0 Å². The van der Waals surface area contributed by atoms with E-state index in [2.05, 4.69) is 15.9 Å². The minimum absolute atomic E-state index is 0.409. The number of halogens is 1. The van der Waals surface area contributed by atoms with Gasteiger partial charge < -0.3 is 19.9 Å². The maximum Gasteiger partial charge on any atom is 0.134 e. The van der Waals surface area contributed by atoms with Crippen LogP contribution >= 0.6 is 15.9 Å². The molecule has 0 saturated heterocycles. The van der Waals surface area contributed by atoms with Gasteiger partial charge in [-0.2, -0.15) is 0 Å². The topological polar surface area (TPSA) is 53.7 Å². The van der Waals surface area contributed by atoms with Crippen molar-refractivity contribution < 1.29 is 14.2 Å². The lowest BCUT2D eigenvalue weighted by Crippen LogP contribution is -1.99. The van der Waals surface area contributed by atoms with Gasteiger partial charge >= 0.3 is 0 Å². The average Bonchev–Trinajstić information content (AvgIpc) is 2.45. The summed E-state index contributed by atoms with van der Waals surface area (Å²) >= 11 is 3.45. The van der Waals surface area contributed by atoms with Crippen LogP contribution in [0.3, 0.4) is 0 Å². The quantitative estimate of drug-likeness (QED) is 0.846. The van der Waals surface area contributed by atoms with E-state index >= 15 is 0 Å². The zero-order chi connectivity index (χ0) is 14.5. The first-order valence-corrected chi connectivity index (χ1v) is 6.81. The molecule has 2 rings (SSSR count). The van der Waals surface area contributed by atoms with E-state index < -0.39 is 0 Å². The fourth-order valence-electron chi connectivity index (χ4n) is 1.77. The highest BCUT2D eigenvalue weighted by Gasteiger charge is 2.05. The van der Waals surface area contributed by atoms with Crippen LogP contribution in [0.15, 0.2) is 40.9 Å². The first-order chi connectivity index (χ1) is 9.62. The molecule has 0 aromatic heterocycles. The van der Waals surface area contributed by atoms with Crippen molar-refractivity contribution >= 4 is 21.6 Å². The van der Waals surface area contributed by atoms with Crippen LogP contribution in [0.4, 0.5) is 5.69 Å². The third kappa shape index (κ3) is 3.57. The molecular formula is C15H16BrNO3. The van der Waals surface area contributed by atoms with Crippen LogP contribution in [0.2, 0.25) is 0 Å². The summed E-state index contributed by atoms with van der Waals surface area (Å²) in [7, 11) is 3.24. The van der Waals surface area contributed by atoms with Crippen LogP contribution in [-0.2, 0) is 6.61 Å². The van der Waals surface area contributed by atoms with Crippen molar-refractivity contribution in [3.8, 4) is 17.2 Å². The first kappa shape index (κ1) is 14.5. The van der Waals surface area contributed by atoms with Gasteiger partial charge in [-0.05, 0) is 51.8 Å². The predicted octanol–water partition coefficient (Wildman–Crippen LogP) is 3.63. The molecule has 20 heavy (non-hydrogen) atoms. The summed E-state index contributed by atoms with van der Waals surface area (Å²) in [5, 5.41) is 0. The standard InChI is InChI=1S/C15H16BrNO3/c1-18-12-3-4-15(14(16)8-12)20-9-10-5-11(17)7-13(6-10)19-2/h3-8H,9,17H2,1-2H3. The maximum atomic E-state index is 5.81. The second kappa shape index (κ2) is 6.52. The molecule has 5 heteroatoms. The van der Waals surface area contributed by atoms with Crippen LogP contribution in [-0.4, -0.2) is 14.2 Å². The molecule has 2 aromatic carbocycles. The largest absolute Gasteiger partial charge is 0.497 e. The van der Waals surface area contributed by atoms with Gasteiger partial charge in [0.25, 0.3) is 0 Å². The lowest BCUT2D eigenvalue weighted by Gasteiger charge is -2.11. The first-order valence-electron chi connectivity index (χ1n) is 6.02. The molecule has 0 amide bonds. The molecule has 4 nitrogen and oxygen atoms in total. The van der Waals surface area contributed by atoms with Crippen molar-refractivity contribution in [1.82, 2.24) is 0 Å². The Balaban J connectivity index is 2.10. The number of benzene rings is 2. The maximum absolute atomic E-state index is 5.81. The van der Waals surface area contributed by atoms with Gasteiger partial charge in [-0.25, -0.2) is 0 Å². The number of nitrogens with two attached hydrogens (primary N) is 1. The second-order valence-corrected chi connectivity index (χ2v) is 5.05. The summed E-state index contributed by atoms with van der Waals surface area (Å²) in [5.74, 6) is 2.24. The minimum Gasteiger partial charge on any atom is -0.497 e. The molecule has 0 unspecified atom stereocenters. The molecule has 0 aliphatic rings. The fourth-order valence-corrected chi connectivity index (χ4v) is 2.25. The number of hydrogen-bond donors (Lipinski definition) is 1. The van der Waals surface area contributed by atoms with E-state index in [1.807, 2.05) is 30.3 Å². The van der Waals surface area contributed by atoms with E-state index in [9.17, 15) is 0 Å². The Morgan fingerprint density at radius 2 is 1.75 bits per heavy atom. The molecule has 0 aliphatic heterocycles. The van der Waals surface area contributed by atoms with Crippen molar-refractivity contribution in [2.45, 2.75) is 6.61 Å². The summed E-state index contributed by atoms with van der Waals surface area (Å²) in [6.07, 6.45) is 0. The molecule has 2 N–H and O–H groups in total. The van der Waals surface area contributed by atoms with Gasteiger partial charge in [0.05, 0.1) is 18.7 Å². The zero-order valence-corrected chi connectivity index (χ0v) is 12.9. The number of hydrogen-bond acceptors (Lipinski definition) is 4. The molecule has 0 atom stereocenters. The van der Waals surface area contributed by atoms with Gasteiger partial charge in [0.1, 0.15) is 23.9 Å². The second-order valence-electron chi connectivity index (χ2n) is 4.20. The highest BCUT2D eigenvalue weighted by molar-refractivity contribution is 9.10. The minimum atomic E-state index is 0.409. The molecule has 0 heterocycles. The summed E-state index contributed by atoms with van der Waals surface area (Å²) < 4.78 is 16.9. The van der Waals surface area contributed by atoms with Crippen LogP contribution in [0.5, 0.6) is 17.2 Å². The van der Waals surface area contributed by atoms with Crippen molar-refractivity contribution in [2.75, 3.05) is 20.0 Å². The smallest absolute Gasteiger partial charge is 0.134 e. The van der Waals surface area contributed by atoms with Crippen LogP contribution in [0.25, 0.3) is 0 Å². The Hall–Kier alpha value is -1.88. The van der Waals surface area contributed by atoms with Gasteiger partial charge in [0.15, 0.2) is 0 Å². The number of nitrogen functional groups attached to an aromatic ring is 1. The highest BCUT2D eigenvalue weighted by atomic mass is 79.9. The average molecular weight is 338 g/mol. The van der Waals surface area contributed by atoms with Crippen molar-refractivity contribution in [1.29, 1.82) is 0 Å². The lowest BCUT2D eigenvalue weighted by atomic mass is 10.2. The normalized spacial score (nSPS) is 10.2. The number of anilines is 1. The summed E-state index contributed by atoms with van der Waals surface area (Å²) in [6, 6.07) is 11.1. The number of ether oxygens (including phenoxy) is 3. The fraction of sp³-hybridized carbons (Fsp3) is 0.200. The molecule has 0 fully saturated rings. The number of rotatable bonds is 5. The lowest BCUT2D eigenvalue weighted by molar-refractivity contribution is 0.302. The van der Waals surface area contributed by atoms with Gasteiger partial charge in [-0.15, -0.1) is 0 Å². The third-order valence-electron chi connectivity index (χ3n) is 2.76. The molecule has 0 aliphatic carbocycles. The Morgan fingerprint density at radius 1 is 1.00 bits per heavy atom. The van der Waals surface area contributed by atoms with Crippen LogP contribution in [0.1, 0.15) is 5.56 Å². The molecular weight excluding hydrogens is 322 g/mol. The van der Waals surface area contributed by atoms with Gasteiger partial charge in [0.2, 0.25) is 0 Å². The monoisotopic (exact) mass is 337 g/mol. The molecule has 0 radical (unpaired) electrons. The molecule has 0 bridgehead atoms. The van der Waals surface area contributed by atoms with E-state index in [4.69, 9.17) is 19.9 Å². The predicted molar refractivity (Wildman–Crippen MR) is 82.4 cm³/mol. The number of methoxy groups -OCH3 is 2. The van der Waals surface area contributed by atoms with Crippen LogP contribution < -0.4 is 19.9 Å². The molecule has 106 valence electrons. The molecule has 2 aromatic rings. The van der Waals surface area contributed by atoms with Crippen molar-refractivity contribution in [2.24, 2.45) is 0 Å².